The standard InChI is InChI=1S/C21H18F3N9O2/c22-16-5-17(33-11-15(35-21(33)34)10-32-4-3-27-31-32)19(23)20(24)18(16)12-1-2-13(26-6-12)7-25-8-14-9-28-30-29-14/h1-6,9,15,25H,7-8,10-11H2,(H,28,29,30)/t15-/m0/s1. The highest BCUT2D eigenvalue weighted by molar-refractivity contribution is 5.90. The van der Waals surface area contributed by atoms with E-state index in [-0.39, 0.29) is 18.7 Å². The zero-order chi connectivity index (χ0) is 24.4. The van der Waals surface area contributed by atoms with Crippen LogP contribution >= 0.6 is 0 Å². The monoisotopic (exact) mass is 485 g/mol. The minimum atomic E-state index is -1.42. The van der Waals surface area contributed by atoms with Crippen molar-refractivity contribution < 1.29 is 22.7 Å². The van der Waals surface area contributed by atoms with Crippen LogP contribution in [0.2, 0.25) is 0 Å². The van der Waals surface area contributed by atoms with E-state index in [2.05, 4.69) is 36.0 Å². The van der Waals surface area contributed by atoms with Crippen molar-refractivity contribution in [2.75, 3.05) is 11.4 Å². The van der Waals surface area contributed by atoms with Gasteiger partial charge in [0.05, 0.1) is 48.1 Å². The number of carbonyl (C=O) groups excluding carboxylic acids is 1. The van der Waals surface area contributed by atoms with Gasteiger partial charge in [-0.05, 0) is 6.07 Å². The van der Waals surface area contributed by atoms with Crippen LogP contribution in [0.25, 0.3) is 11.1 Å². The van der Waals surface area contributed by atoms with Gasteiger partial charge < -0.3 is 10.1 Å². The summed E-state index contributed by atoms with van der Waals surface area (Å²) in [5, 5.41) is 20.6. The fourth-order valence-corrected chi connectivity index (χ4v) is 3.70. The van der Waals surface area contributed by atoms with Crippen molar-refractivity contribution in [1.29, 1.82) is 0 Å². The molecule has 0 aliphatic carbocycles. The number of hydrogen-bond acceptors (Lipinski definition) is 8. The fraction of sp³-hybridized carbons (Fsp3) is 0.238. The van der Waals surface area contributed by atoms with E-state index >= 15 is 0 Å². The molecule has 5 rings (SSSR count). The van der Waals surface area contributed by atoms with Crippen molar-refractivity contribution in [3.05, 3.63) is 71.8 Å². The number of benzene rings is 1. The van der Waals surface area contributed by atoms with Gasteiger partial charge in [0.2, 0.25) is 0 Å². The van der Waals surface area contributed by atoms with Gasteiger partial charge in [-0.15, -0.1) is 5.10 Å². The van der Waals surface area contributed by atoms with Crippen LogP contribution in [0.15, 0.2) is 43.0 Å². The van der Waals surface area contributed by atoms with Crippen LogP contribution in [0.1, 0.15) is 11.4 Å². The molecule has 35 heavy (non-hydrogen) atoms. The Bertz CT molecular complexity index is 1320. The zero-order valence-corrected chi connectivity index (χ0v) is 18.0. The highest BCUT2D eigenvalue weighted by Crippen LogP contribution is 2.35. The van der Waals surface area contributed by atoms with Gasteiger partial charge in [0.25, 0.3) is 0 Å². The number of aromatic nitrogens is 7. The second kappa shape index (κ2) is 9.50. The van der Waals surface area contributed by atoms with Crippen molar-refractivity contribution in [2.24, 2.45) is 0 Å². The third-order valence-corrected chi connectivity index (χ3v) is 5.36. The molecule has 0 radical (unpaired) electrons. The second-order valence-corrected chi connectivity index (χ2v) is 7.73. The number of halogens is 3. The van der Waals surface area contributed by atoms with Gasteiger partial charge >= 0.3 is 6.09 Å². The van der Waals surface area contributed by atoms with Crippen LogP contribution in [0.3, 0.4) is 0 Å². The summed E-state index contributed by atoms with van der Waals surface area (Å²) in [7, 11) is 0. The largest absolute Gasteiger partial charge is 0.442 e. The van der Waals surface area contributed by atoms with Crippen LogP contribution < -0.4 is 10.2 Å². The number of H-pyrrole nitrogens is 1. The molecular weight excluding hydrogens is 467 g/mol. The molecule has 1 aromatic carbocycles. The first-order valence-corrected chi connectivity index (χ1v) is 10.5. The fourth-order valence-electron chi connectivity index (χ4n) is 3.70. The van der Waals surface area contributed by atoms with Crippen LogP contribution in [-0.2, 0) is 24.4 Å². The van der Waals surface area contributed by atoms with Gasteiger partial charge in [0, 0.05) is 37.1 Å². The summed E-state index contributed by atoms with van der Waals surface area (Å²) in [5.74, 6) is -3.82. The summed E-state index contributed by atoms with van der Waals surface area (Å²) >= 11 is 0. The third kappa shape index (κ3) is 4.68. The smallest absolute Gasteiger partial charge is 0.414 e. The predicted molar refractivity (Wildman–Crippen MR) is 114 cm³/mol. The molecule has 1 atom stereocenters. The van der Waals surface area contributed by atoms with Crippen LogP contribution in [0.4, 0.5) is 23.7 Å². The second-order valence-electron chi connectivity index (χ2n) is 7.73. The summed E-state index contributed by atoms with van der Waals surface area (Å²) < 4.78 is 51.5. The number of amides is 1. The quantitative estimate of drug-likeness (QED) is 0.364. The van der Waals surface area contributed by atoms with E-state index in [9.17, 15) is 18.0 Å². The lowest BCUT2D eigenvalue weighted by Gasteiger charge is -2.17. The Kier molecular flexibility index (Phi) is 6.10. The molecule has 1 amide bonds. The Morgan fingerprint density at radius 2 is 2.00 bits per heavy atom. The average molecular weight is 485 g/mol. The van der Waals surface area contributed by atoms with Crippen LogP contribution in [0.5, 0.6) is 0 Å². The SMILES string of the molecule is O=C1O[C@@H](Cn2ccnn2)CN1c1cc(F)c(-c2ccc(CNCc3cn[nH]n3)nc2)c(F)c1F. The van der Waals surface area contributed by atoms with E-state index < -0.39 is 40.9 Å². The maximum atomic E-state index is 15.0. The average Bonchev–Trinajstić information content (AvgIpc) is 3.61. The van der Waals surface area contributed by atoms with Crippen LogP contribution in [0, 0.1) is 17.5 Å². The summed E-state index contributed by atoms with van der Waals surface area (Å²) in [6, 6.07) is 3.79. The maximum absolute atomic E-state index is 15.0. The first kappa shape index (κ1) is 22.5. The summed E-state index contributed by atoms with van der Waals surface area (Å²) in [6.07, 6.45) is 4.25. The minimum Gasteiger partial charge on any atom is -0.442 e. The van der Waals surface area contributed by atoms with E-state index in [4.69, 9.17) is 4.74 Å². The van der Waals surface area contributed by atoms with E-state index in [1.165, 1.54) is 23.1 Å². The number of nitrogens with one attached hydrogen (secondary N) is 2. The summed E-state index contributed by atoms with van der Waals surface area (Å²) in [5.41, 5.74) is 0.254. The number of anilines is 1. The highest BCUT2D eigenvalue weighted by Gasteiger charge is 2.36. The molecule has 0 spiro atoms. The van der Waals surface area contributed by atoms with Gasteiger partial charge in [-0.1, -0.05) is 11.3 Å². The molecule has 1 aliphatic heterocycles. The first-order chi connectivity index (χ1) is 17.0. The molecular formula is C21H18F3N9O2. The number of ether oxygens (including phenoxy) is 1. The molecule has 3 aromatic heterocycles. The van der Waals surface area contributed by atoms with Crippen molar-refractivity contribution in [2.45, 2.75) is 25.7 Å². The molecule has 0 unspecified atom stereocenters. The molecule has 4 aromatic rings. The van der Waals surface area contributed by atoms with Crippen molar-refractivity contribution >= 4 is 11.8 Å². The van der Waals surface area contributed by atoms with Crippen molar-refractivity contribution in [3.8, 4) is 11.1 Å². The number of pyridine rings is 1. The lowest BCUT2D eigenvalue weighted by Crippen LogP contribution is -2.27. The Morgan fingerprint density at radius 3 is 2.71 bits per heavy atom. The number of nitrogens with zero attached hydrogens (tertiary/aromatic N) is 7. The van der Waals surface area contributed by atoms with Gasteiger partial charge in [-0.25, -0.2) is 22.6 Å². The number of rotatable bonds is 8. The third-order valence-electron chi connectivity index (χ3n) is 5.36. The van der Waals surface area contributed by atoms with E-state index in [0.717, 1.165) is 11.0 Å². The molecule has 11 nitrogen and oxygen atoms in total. The summed E-state index contributed by atoms with van der Waals surface area (Å²) in [4.78, 5) is 17.3. The summed E-state index contributed by atoms with van der Waals surface area (Å²) in [6.45, 7) is 0.885. The molecule has 1 aliphatic rings. The molecule has 1 fully saturated rings. The lowest BCUT2D eigenvalue weighted by atomic mass is 10.0. The lowest BCUT2D eigenvalue weighted by molar-refractivity contribution is 0.129. The molecule has 0 bridgehead atoms. The Hall–Kier alpha value is -4.33. The van der Waals surface area contributed by atoms with E-state index in [0.29, 0.717) is 24.5 Å². The van der Waals surface area contributed by atoms with E-state index in [1.807, 2.05) is 0 Å². The molecule has 2 N–H and O–H groups in total. The molecule has 14 heteroatoms. The zero-order valence-electron chi connectivity index (χ0n) is 18.0. The first-order valence-electron chi connectivity index (χ1n) is 10.5. The van der Waals surface area contributed by atoms with Crippen LogP contribution in [-0.4, -0.2) is 54.1 Å². The topological polar surface area (TPSA) is 127 Å². The normalized spacial score (nSPS) is 15.6. The van der Waals surface area contributed by atoms with Crippen molar-refractivity contribution in [3.63, 3.8) is 0 Å². The maximum Gasteiger partial charge on any atom is 0.414 e. The molecule has 0 saturated carbocycles. The number of carbonyl (C=O) groups is 1. The molecule has 1 saturated heterocycles. The number of cyclic esters (lactones) is 1. The number of aromatic amines is 1. The van der Waals surface area contributed by atoms with Gasteiger partial charge in [-0.2, -0.15) is 15.4 Å². The Morgan fingerprint density at radius 1 is 1.14 bits per heavy atom. The number of hydrogen-bond donors (Lipinski definition) is 2. The minimum absolute atomic E-state index is 0.0544. The molecule has 180 valence electrons. The Balaban J connectivity index is 1.31. The predicted octanol–water partition coefficient (Wildman–Crippen LogP) is 2.19. The van der Waals surface area contributed by atoms with E-state index in [1.54, 1.807) is 18.5 Å². The highest BCUT2D eigenvalue weighted by atomic mass is 19.2. The Labute approximate surface area is 195 Å². The van der Waals surface area contributed by atoms with Gasteiger partial charge in [0.15, 0.2) is 11.6 Å². The van der Waals surface area contributed by atoms with Gasteiger partial charge in [0.1, 0.15) is 11.9 Å². The molecule has 4 heterocycles. The van der Waals surface area contributed by atoms with Gasteiger partial charge in [-0.3, -0.25) is 9.88 Å². The van der Waals surface area contributed by atoms with Crippen molar-refractivity contribution in [1.82, 2.24) is 40.7 Å².